The second kappa shape index (κ2) is 21.5. The summed E-state index contributed by atoms with van der Waals surface area (Å²) in [6, 6.07) is 22.0. The maximum absolute atomic E-state index is 14.4. The van der Waals surface area contributed by atoms with E-state index in [2.05, 4.69) is 43.8 Å². The molecule has 2 N–H and O–H groups in total. The molecule has 7 atom stereocenters. The van der Waals surface area contributed by atoms with Crippen LogP contribution in [0.3, 0.4) is 0 Å². The molecule has 5 aromatic rings. The fourth-order valence-electron chi connectivity index (χ4n) is 9.31. The Morgan fingerprint density at radius 3 is 1.86 bits per heavy atom. The minimum absolute atomic E-state index is 0.0326. The third kappa shape index (κ3) is 12.0. The van der Waals surface area contributed by atoms with Crippen LogP contribution in [0.15, 0.2) is 104 Å². The minimum Gasteiger partial charge on any atom is -0.497 e. The lowest BCUT2D eigenvalue weighted by molar-refractivity contribution is -0.0951. The summed E-state index contributed by atoms with van der Waals surface area (Å²) >= 11 is 0. The summed E-state index contributed by atoms with van der Waals surface area (Å²) in [5.74, 6) is 0.410. The van der Waals surface area contributed by atoms with Gasteiger partial charge in [0.05, 0.1) is 56.7 Å². The summed E-state index contributed by atoms with van der Waals surface area (Å²) < 4.78 is 90.5. The third-order valence-corrected chi connectivity index (χ3v) is 22.0. The Morgan fingerprint density at radius 1 is 0.770 bits per heavy atom. The Labute approximate surface area is 432 Å². The molecule has 0 amide bonds. The van der Waals surface area contributed by atoms with Gasteiger partial charge in [0.25, 0.3) is 11.1 Å². The highest BCUT2D eigenvalue weighted by atomic mass is 32.2. The molecular weight excluding hydrogens is 1010 g/mol. The average Bonchev–Trinajstić information content (AvgIpc) is 3.92. The van der Waals surface area contributed by atoms with Crippen molar-refractivity contribution in [2.75, 3.05) is 33.2 Å². The van der Waals surface area contributed by atoms with Gasteiger partial charge in [-0.15, -0.1) is 0 Å². The van der Waals surface area contributed by atoms with E-state index in [0.717, 1.165) is 0 Å². The molecule has 22 heteroatoms. The van der Waals surface area contributed by atoms with Crippen LogP contribution in [0.4, 0.5) is 0 Å². The van der Waals surface area contributed by atoms with Crippen molar-refractivity contribution in [2.45, 2.75) is 133 Å². The number of aromatic nitrogens is 4. The lowest BCUT2D eigenvalue weighted by atomic mass is 9.79. The molecule has 2 aromatic heterocycles. The number of ether oxygens (including phenoxy) is 5. The number of aryl methyl sites for hydroxylation is 2. The molecule has 2 fully saturated rings. The molecule has 2 bridgehead atoms. The van der Waals surface area contributed by atoms with Crippen molar-refractivity contribution in [3.8, 4) is 11.5 Å². The van der Waals surface area contributed by atoms with Crippen molar-refractivity contribution >= 4 is 26.8 Å². The summed E-state index contributed by atoms with van der Waals surface area (Å²) in [6.45, 7) is 16.7. The lowest BCUT2D eigenvalue weighted by Crippen LogP contribution is -2.46. The molecule has 5 heterocycles. The van der Waals surface area contributed by atoms with Crippen molar-refractivity contribution < 1.29 is 50.1 Å². The van der Waals surface area contributed by atoms with Gasteiger partial charge >= 0.3 is 20.0 Å². The van der Waals surface area contributed by atoms with Crippen LogP contribution in [0, 0.1) is 13.8 Å². The van der Waals surface area contributed by atoms with E-state index in [1.54, 1.807) is 54.0 Å². The molecule has 3 aliphatic rings. The Balaban J connectivity index is 1.23. The number of hydrogen-bond acceptors (Lipinski definition) is 15. The van der Waals surface area contributed by atoms with E-state index in [9.17, 15) is 27.6 Å². The summed E-state index contributed by atoms with van der Waals surface area (Å²) in [5, 5.41) is -0.209. The van der Waals surface area contributed by atoms with Gasteiger partial charge in [0, 0.05) is 36.4 Å². The number of sulfone groups is 1. The number of nitrogens with zero attached hydrogens (tertiary/aromatic N) is 2. The molecule has 0 spiro atoms. The van der Waals surface area contributed by atoms with Crippen LogP contribution in [-0.2, 0) is 53.4 Å². The van der Waals surface area contributed by atoms with Crippen LogP contribution in [-0.4, -0.2) is 99.0 Å². The van der Waals surface area contributed by atoms with Gasteiger partial charge in [-0.25, -0.2) is 18.0 Å². The first-order chi connectivity index (χ1) is 34.8. The molecule has 0 radical (unpaired) electrons. The summed E-state index contributed by atoms with van der Waals surface area (Å²) in [7, 11) is -5.81. The van der Waals surface area contributed by atoms with Crippen LogP contribution in [0.5, 0.6) is 11.5 Å². The zero-order valence-electron chi connectivity index (χ0n) is 43.7. The number of H-pyrrole nitrogens is 2. The van der Waals surface area contributed by atoms with E-state index in [1.807, 2.05) is 60.7 Å². The zero-order chi connectivity index (χ0) is 53.5. The van der Waals surface area contributed by atoms with Crippen LogP contribution in [0.25, 0.3) is 0 Å². The Kier molecular flexibility index (Phi) is 16.0. The predicted octanol–water partition coefficient (Wildman–Crippen LogP) is 7.05. The number of fused-ring (bicyclic) bond motifs is 3. The molecule has 0 saturated carbocycles. The molecule has 1 unspecified atom stereocenters. The summed E-state index contributed by atoms with van der Waals surface area (Å²) in [4.78, 5) is 56.5. The van der Waals surface area contributed by atoms with E-state index in [1.165, 1.54) is 21.5 Å². The van der Waals surface area contributed by atoms with Crippen LogP contribution in [0.1, 0.15) is 93.3 Å². The maximum atomic E-state index is 14.4. The van der Waals surface area contributed by atoms with Gasteiger partial charge in [0.15, 0.2) is 18.2 Å². The van der Waals surface area contributed by atoms with E-state index in [-0.39, 0.29) is 42.4 Å². The van der Waals surface area contributed by atoms with Gasteiger partial charge in [-0.05, 0) is 92.3 Å². The Morgan fingerprint density at radius 2 is 1.32 bits per heavy atom. The van der Waals surface area contributed by atoms with Crippen molar-refractivity contribution in [3.05, 3.63) is 160 Å². The molecule has 2 saturated heterocycles. The number of rotatable bonds is 11. The van der Waals surface area contributed by atoms with Gasteiger partial charge in [0.2, 0.25) is 0 Å². The van der Waals surface area contributed by atoms with Gasteiger partial charge in [-0.2, -0.15) is 0 Å². The van der Waals surface area contributed by atoms with Crippen molar-refractivity contribution in [1.82, 2.24) is 19.1 Å². The molecule has 3 aromatic carbocycles. The van der Waals surface area contributed by atoms with E-state index in [4.69, 9.17) is 41.7 Å². The van der Waals surface area contributed by atoms with Crippen molar-refractivity contribution in [1.29, 1.82) is 0 Å². The molecule has 400 valence electrons. The highest BCUT2D eigenvalue weighted by Crippen LogP contribution is 2.51. The van der Waals surface area contributed by atoms with Gasteiger partial charge < -0.3 is 41.7 Å². The topological polar surface area (TPSA) is 227 Å². The molecular formula is C52H67N4O15PSSi. The number of aromatic amines is 2. The third-order valence-electron chi connectivity index (χ3n) is 14.2. The smallest absolute Gasteiger partial charge is 0.333 e. The summed E-state index contributed by atoms with van der Waals surface area (Å²) in [5.41, 5.74) is -2.19. The normalized spacial score (nSPS) is 25.1. The first-order valence-corrected chi connectivity index (χ1v) is 30.3. The first kappa shape index (κ1) is 55.2. The highest BCUT2D eigenvalue weighted by Gasteiger charge is 2.48. The maximum Gasteiger partial charge on any atom is 0.333 e. The largest absolute Gasteiger partial charge is 0.497 e. The fraction of sp³-hybridized carbons (Fsp3) is 0.500. The molecule has 74 heavy (non-hydrogen) atoms. The number of nitrogens with one attached hydrogen (secondary N) is 2. The van der Waals surface area contributed by atoms with Crippen LogP contribution in [0.2, 0.25) is 18.1 Å². The van der Waals surface area contributed by atoms with E-state index in [0.29, 0.717) is 39.3 Å². The quantitative estimate of drug-likeness (QED) is 0.0998. The predicted molar refractivity (Wildman–Crippen MR) is 280 cm³/mol. The van der Waals surface area contributed by atoms with Crippen LogP contribution >= 0.6 is 8.60 Å². The second-order valence-corrected chi connectivity index (χ2v) is 29.2. The molecule has 3 aliphatic heterocycles. The second-order valence-electron chi connectivity index (χ2n) is 21.3. The SMILES string of the molecule is COc1ccc(C2(c3ccc(OC)cc3)OC[C@H]3O[C@@H](n4cc(C)c(=O)[nH]c4=O)C[C@@H]3OP(OC[C@H]3O[C@@H](n4cc(C)c(=O)[nH]c4=O)C[C@@H]3O[Si](C)(C)C(C)(C)C)OC(C)(C)CS(=O)(=O)Cc3cccc2c3)cc1. The monoisotopic (exact) mass is 1080 g/mol. The number of hydrogen-bond donors (Lipinski definition) is 2. The fourth-order valence-corrected chi connectivity index (χ4v) is 14.0. The van der Waals surface area contributed by atoms with E-state index < -0.39 is 103 Å². The minimum atomic E-state index is -3.94. The molecule has 8 rings (SSSR count). The molecule has 19 nitrogen and oxygen atoms in total. The van der Waals surface area contributed by atoms with Gasteiger partial charge in [-0.3, -0.25) is 28.7 Å². The standard InChI is InChI=1S/C52H67N4O15PSSi/c1-32-26-55(48(59)53-46(32)57)44-24-40-42(67-44)28-65-52(35-15-19-38(63-8)20-16-35,36-17-21-39(64-9)22-18-36)37-14-12-13-34(23-37)30-73(61,62)31-51(6,7)71-72(69-40)66-29-43-41(70-74(10,11)50(3,4)5)25-45(68-43)56-27-33(2)47(58)54-49(56)60/h12-23,26-27,40-45H,24-25,28-31H2,1-11H3,(H,53,57,59)(H,54,58,60)/t40-,41-,42+,43+,44+,45+,72?/m0/s1. The van der Waals surface area contributed by atoms with E-state index >= 15 is 0 Å². The van der Waals surface area contributed by atoms with Gasteiger partial charge in [0.1, 0.15) is 41.8 Å². The summed E-state index contributed by atoms with van der Waals surface area (Å²) in [6.07, 6.45) is -1.97. The van der Waals surface area contributed by atoms with Crippen LogP contribution < -0.4 is 32.0 Å². The zero-order valence-corrected chi connectivity index (χ0v) is 46.4. The van der Waals surface area contributed by atoms with Crippen molar-refractivity contribution in [2.24, 2.45) is 0 Å². The Hall–Kier alpha value is -5.06. The Bertz CT molecular complexity index is 3120. The number of methoxy groups -OCH3 is 2. The highest BCUT2D eigenvalue weighted by molar-refractivity contribution is 7.90. The van der Waals surface area contributed by atoms with Crippen molar-refractivity contribution in [3.63, 3.8) is 0 Å². The number of benzene rings is 3. The first-order valence-electron chi connectivity index (χ1n) is 24.4. The molecule has 0 aliphatic carbocycles. The lowest BCUT2D eigenvalue weighted by Gasteiger charge is -2.39. The van der Waals surface area contributed by atoms with Gasteiger partial charge in [-0.1, -0.05) is 69.3 Å². The average molecular weight is 1080 g/mol.